The molecule has 3 aromatic heterocycles. The molecule has 0 aliphatic heterocycles. The van der Waals surface area contributed by atoms with Gasteiger partial charge in [-0.3, -0.25) is 4.57 Å². The van der Waals surface area contributed by atoms with Gasteiger partial charge in [0, 0.05) is 44.8 Å². The summed E-state index contributed by atoms with van der Waals surface area (Å²) in [6.45, 7) is 4.65. The zero-order valence-electron chi connectivity index (χ0n) is 32.1. The molecule has 0 unspecified atom stereocenters. The number of nitrogens with zero attached hydrogens (tertiary/aromatic N) is 5. The fourth-order valence-corrected chi connectivity index (χ4v) is 8.92. The second-order valence-electron chi connectivity index (χ2n) is 15.5. The van der Waals surface area contributed by atoms with Gasteiger partial charge < -0.3 is 0 Å². The molecule has 0 saturated heterocycles. The second kappa shape index (κ2) is 13.3. The van der Waals surface area contributed by atoms with Crippen molar-refractivity contribution < 1.29 is 0 Å². The van der Waals surface area contributed by atoms with Gasteiger partial charge in [0.15, 0.2) is 17.5 Å². The molecule has 0 fully saturated rings. The molecule has 1 aliphatic rings. The van der Waals surface area contributed by atoms with Gasteiger partial charge >= 0.3 is 0 Å². The van der Waals surface area contributed by atoms with Crippen LogP contribution in [0.1, 0.15) is 25.0 Å². The summed E-state index contributed by atoms with van der Waals surface area (Å²) in [5.74, 6) is 1.93. The van der Waals surface area contributed by atoms with Crippen molar-refractivity contribution in [2.24, 2.45) is 0 Å². The molecule has 0 radical (unpaired) electrons. The fourth-order valence-electron chi connectivity index (χ4n) is 8.92. The Morgan fingerprint density at radius 1 is 0.414 bits per heavy atom. The average molecular weight is 744 g/mol. The smallest absolute Gasteiger partial charge is 0.164 e. The Morgan fingerprint density at radius 3 is 1.79 bits per heavy atom. The third-order valence-corrected chi connectivity index (χ3v) is 11.7. The topological polar surface area (TPSA) is 56.5 Å². The predicted octanol–water partition coefficient (Wildman–Crippen LogP) is 13.0. The number of pyridine rings is 1. The summed E-state index contributed by atoms with van der Waals surface area (Å²) in [4.78, 5) is 20.6. The third kappa shape index (κ3) is 5.47. The van der Waals surface area contributed by atoms with Crippen LogP contribution in [0.5, 0.6) is 0 Å². The van der Waals surface area contributed by atoms with E-state index in [4.69, 9.17) is 19.9 Å². The third-order valence-electron chi connectivity index (χ3n) is 11.7. The van der Waals surface area contributed by atoms with E-state index >= 15 is 0 Å². The summed E-state index contributed by atoms with van der Waals surface area (Å²) in [7, 11) is 0. The Bertz CT molecular complexity index is 3130. The molecule has 11 rings (SSSR count). The molecule has 274 valence electrons. The monoisotopic (exact) mass is 743 g/mol. The maximum Gasteiger partial charge on any atom is 0.164 e. The number of benzene rings is 7. The number of aromatic nitrogens is 5. The number of fused-ring (bicyclic) bond motifs is 6. The van der Waals surface area contributed by atoms with Crippen LogP contribution in [0.25, 0.3) is 95.2 Å². The average Bonchev–Trinajstić information content (AvgIpc) is 3.75. The van der Waals surface area contributed by atoms with E-state index in [1.54, 1.807) is 0 Å². The van der Waals surface area contributed by atoms with Crippen LogP contribution in [0.3, 0.4) is 0 Å². The Hall–Kier alpha value is -7.50. The molecule has 5 heteroatoms. The summed E-state index contributed by atoms with van der Waals surface area (Å²) < 4.78 is 2.29. The van der Waals surface area contributed by atoms with Gasteiger partial charge in [0.05, 0.1) is 5.52 Å². The molecule has 3 heterocycles. The Morgan fingerprint density at radius 2 is 1.00 bits per heavy atom. The van der Waals surface area contributed by atoms with Gasteiger partial charge in [0.25, 0.3) is 0 Å². The van der Waals surface area contributed by atoms with Crippen LogP contribution in [0.15, 0.2) is 188 Å². The first-order valence-electron chi connectivity index (χ1n) is 19.7. The first-order chi connectivity index (χ1) is 28.5. The van der Waals surface area contributed by atoms with E-state index in [2.05, 4.69) is 182 Å². The number of hydrogen-bond donors (Lipinski definition) is 0. The maximum atomic E-state index is 5.30. The zero-order valence-corrected chi connectivity index (χ0v) is 32.1. The molecule has 7 aromatic carbocycles. The molecule has 0 N–H and O–H groups in total. The lowest BCUT2D eigenvalue weighted by molar-refractivity contribution is 0.660. The molecular formula is C53H37N5. The first-order valence-corrected chi connectivity index (χ1v) is 19.7. The second-order valence-corrected chi connectivity index (χ2v) is 15.5. The SMILES string of the molecule is CC1(C)c2cc(-n3c4ccccc4c4cccnc43)ccc2-c2cccc(-c3nc(-c4ccc(-c5ccccc5)cc4)nc(-c4cccc(-c5ccccc5)c4)n3)c21. The molecule has 5 nitrogen and oxygen atoms in total. The van der Waals surface area contributed by atoms with Crippen molar-refractivity contribution in [3.8, 4) is 73.2 Å². The number of hydrogen-bond acceptors (Lipinski definition) is 4. The minimum Gasteiger partial charge on any atom is -0.294 e. The van der Waals surface area contributed by atoms with Crippen LogP contribution >= 0.6 is 0 Å². The summed E-state index contributed by atoms with van der Waals surface area (Å²) in [6, 6.07) is 64.1. The lowest BCUT2D eigenvalue weighted by atomic mass is 9.80. The largest absolute Gasteiger partial charge is 0.294 e. The van der Waals surface area contributed by atoms with Crippen molar-refractivity contribution in [2.45, 2.75) is 19.3 Å². The maximum absolute atomic E-state index is 5.30. The Labute approximate surface area is 337 Å². The summed E-state index contributed by atoms with van der Waals surface area (Å²) in [6.07, 6.45) is 1.88. The van der Waals surface area contributed by atoms with E-state index in [1.165, 1.54) is 33.2 Å². The Kier molecular flexibility index (Phi) is 7.76. The van der Waals surface area contributed by atoms with Gasteiger partial charge in [0.1, 0.15) is 5.65 Å². The van der Waals surface area contributed by atoms with E-state index in [0.717, 1.165) is 55.6 Å². The molecule has 0 spiro atoms. The van der Waals surface area contributed by atoms with E-state index in [-0.39, 0.29) is 5.41 Å². The fraction of sp³-hybridized carbons (Fsp3) is 0.0566. The van der Waals surface area contributed by atoms with E-state index in [9.17, 15) is 0 Å². The molecule has 10 aromatic rings. The molecule has 1 aliphatic carbocycles. The normalized spacial score (nSPS) is 12.8. The highest BCUT2D eigenvalue weighted by Crippen LogP contribution is 2.52. The lowest BCUT2D eigenvalue weighted by Gasteiger charge is -2.24. The van der Waals surface area contributed by atoms with Crippen LogP contribution < -0.4 is 0 Å². The minimum atomic E-state index is -0.360. The van der Waals surface area contributed by atoms with Gasteiger partial charge in [-0.05, 0) is 80.9 Å². The van der Waals surface area contributed by atoms with Gasteiger partial charge in [0.2, 0.25) is 0 Å². The molecule has 58 heavy (non-hydrogen) atoms. The first kappa shape index (κ1) is 33.8. The van der Waals surface area contributed by atoms with Crippen molar-refractivity contribution >= 4 is 21.9 Å². The highest BCUT2D eigenvalue weighted by molar-refractivity contribution is 6.08. The van der Waals surface area contributed by atoms with Crippen LogP contribution in [-0.2, 0) is 5.41 Å². The van der Waals surface area contributed by atoms with E-state index < -0.39 is 0 Å². The number of rotatable bonds is 6. The summed E-state index contributed by atoms with van der Waals surface area (Å²) in [5, 5.41) is 2.34. The van der Waals surface area contributed by atoms with Crippen LogP contribution in [-0.4, -0.2) is 24.5 Å². The summed E-state index contributed by atoms with van der Waals surface area (Å²) in [5.41, 5.74) is 15.2. The van der Waals surface area contributed by atoms with Crippen LogP contribution in [0.2, 0.25) is 0 Å². The molecular weight excluding hydrogens is 707 g/mol. The lowest BCUT2D eigenvalue weighted by Crippen LogP contribution is -2.17. The van der Waals surface area contributed by atoms with Crippen molar-refractivity contribution in [1.82, 2.24) is 24.5 Å². The molecule has 0 bridgehead atoms. The zero-order chi connectivity index (χ0) is 38.8. The van der Waals surface area contributed by atoms with Gasteiger partial charge in [-0.1, -0.05) is 159 Å². The van der Waals surface area contributed by atoms with Gasteiger partial charge in [-0.2, -0.15) is 0 Å². The Balaban J connectivity index is 1.07. The summed E-state index contributed by atoms with van der Waals surface area (Å²) >= 11 is 0. The highest BCUT2D eigenvalue weighted by Gasteiger charge is 2.38. The molecule has 0 amide bonds. The van der Waals surface area contributed by atoms with E-state index in [0.29, 0.717) is 17.5 Å². The molecule has 0 atom stereocenters. The van der Waals surface area contributed by atoms with Crippen molar-refractivity contribution in [2.75, 3.05) is 0 Å². The van der Waals surface area contributed by atoms with Crippen molar-refractivity contribution in [3.05, 3.63) is 199 Å². The van der Waals surface area contributed by atoms with Crippen molar-refractivity contribution in [1.29, 1.82) is 0 Å². The minimum absolute atomic E-state index is 0.360. The standard InChI is InChI=1S/C53H37N5/c1-53(2)46-33-40(58-47-24-10-9-20-42(47)44-23-13-31-54-52(44)58)29-30-41(46)43-21-12-22-45(48(43)53)51-56-49(37-27-25-36(26-28-37)34-14-5-3-6-15-34)55-50(57-51)39-19-11-18-38(32-39)35-16-7-4-8-17-35/h3-33H,1-2H3. The van der Waals surface area contributed by atoms with E-state index in [1.807, 2.05) is 24.4 Å². The number of para-hydroxylation sites is 1. The van der Waals surface area contributed by atoms with Crippen molar-refractivity contribution in [3.63, 3.8) is 0 Å². The van der Waals surface area contributed by atoms with Crippen LogP contribution in [0, 0.1) is 0 Å². The molecule has 0 saturated carbocycles. The van der Waals surface area contributed by atoms with Crippen LogP contribution in [0.4, 0.5) is 0 Å². The highest BCUT2D eigenvalue weighted by atomic mass is 15.0. The predicted molar refractivity (Wildman–Crippen MR) is 237 cm³/mol. The van der Waals surface area contributed by atoms with Gasteiger partial charge in [-0.15, -0.1) is 0 Å². The quantitative estimate of drug-likeness (QED) is 0.170. The van der Waals surface area contributed by atoms with Gasteiger partial charge in [-0.25, -0.2) is 19.9 Å².